The van der Waals surface area contributed by atoms with Gasteiger partial charge in [-0.15, -0.1) is 0 Å². The normalized spacial score (nSPS) is 30.9. The number of carbonyl (C=O) groups is 2. The van der Waals surface area contributed by atoms with Gasteiger partial charge in [-0.3, -0.25) is 9.59 Å². The third kappa shape index (κ3) is 2.95. The number of rotatable bonds is 6. The van der Waals surface area contributed by atoms with E-state index in [0.717, 1.165) is 19.3 Å². The lowest BCUT2D eigenvalue weighted by molar-refractivity contribution is -0.152. The Bertz CT molecular complexity index is 813. The van der Waals surface area contributed by atoms with E-state index >= 15 is 0 Å². The Morgan fingerprint density at radius 1 is 1.44 bits per heavy atom. The second-order valence-electron chi connectivity index (χ2n) is 7.30. The maximum atomic E-state index is 13.9. The number of halogens is 2. The molecule has 2 bridgehead atoms. The average molecular weight is 394 g/mol. The monoisotopic (exact) mass is 393 g/mol. The third-order valence-electron chi connectivity index (χ3n) is 5.58. The van der Waals surface area contributed by atoms with Crippen LogP contribution < -0.4 is 4.90 Å². The van der Waals surface area contributed by atoms with E-state index in [4.69, 9.17) is 21.1 Å². The number of ether oxygens (including phenoxy) is 2. The van der Waals surface area contributed by atoms with Crippen LogP contribution in [0.5, 0.6) is 0 Å². The number of nitrogens with zero attached hydrogens (tertiary/aromatic N) is 1. The molecule has 27 heavy (non-hydrogen) atoms. The molecule has 0 saturated carbocycles. The predicted octanol–water partition coefficient (Wildman–Crippen LogP) is 3.50. The molecule has 0 N–H and O–H groups in total. The summed E-state index contributed by atoms with van der Waals surface area (Å²) in [4.78, 5) is 27.2. The molecule has 3 heterocycles. The van der Waals surface area contributed by atoms with E-state index in [-0.39, 0.29) is 17.5 Å². The number of fused-ring (bicyclic) bond motifs is 1. The first kappa shape index (κ1) is 18.4. The minimum atomic E-state index is -0.856. The number of esters is 1. The molecule has 4 unspecified atom stereocenters. The topological polar surface area (TPSA) is 55.8 Å². The van der Waals surface area contributed by atoms with Crippen LogP contribution in [0.4, 0.5) is 10.1 Å². The number of benzene rings is 1. The lowest BCUT2D eigenvalue weighted by Gasteiger charge is -2.22. The number of hydrogen-bond acceptors (Lipinski definition) is 4. The van der Waals surface area contributed by atoms with Gasteiger partial charge >= 0.3 is 5.97 Å². The van der Waals surface area contributed by atoms with Crippen LogP contribution in [0.3, 0.4) is 0 Å². The van der Waals surface area contributed by atoms with Gasteiger partial charge in [-0.05, 0) is 24.6 Å². The van der Waals surface area contributed by atoms with E-state index in [1.54, 1.807) is 6.07 Å². The Hall–Kier alpha value is -1.92. The zero-order valence-electron chi connectivity index (χ0n) is 15.0. The van der Waals surface area contributed by atoms with Crippen LogP contribution in [-0.2, 0) is 19.1 Å². The summed E-state index contributed by atoms with van der Waals surface area (Å²) in [5.74, 6) is -2.55. The van der Waals surface area contributed by atoms with Crippen molar-refractivity contribution >= 4 is 29.2 Å². The Morgan fingerprint density at radius 3 is 3.00 bits per heavy atom. The maximum Gasteiger partial charge on any atom is 0.312 e. The molecule has 7 heteroatoms. The van der Waals surface area contributed by atoms with Crippen molar-refractivity contribution in [1.29, 1.82) is 0 Å². The second-order valence-corrected chi connectivity index (χ2v) is 7.70. The lowest BCUT2D eigenvalue weighted by atomic mass is 9.77. The van der Waals surface area contributed by atoms with E-state index in [0.29, 0.717) is 12.3 Å². The van der Waals surface area contributed by atoms with Crippen molar-refractivity contribution < 1.29 is 23.5 Å². The van der Waals surface area contributed by atoms with E-state index in [2.05, 4.69) is 6.92 Å². The molecule has 0 aliphatic carbocycles. The molecule has 0 radical (unpaired) electrons. The molecule has 4 atom stereocenters. The molecule has 1 aromatic rings. The largest absolute Gasteiger partial charge is 0.465 e. The van der Waals surface area contributed by atoms with E-state index in [1.165, 1.54) is 17.0 Å². The zero-order valence-corrected chi connectivity index (χ0v) is 15.7. The van der Waals surface area contributed by atoms with E-state index in [1.807, 2.05) is 12.2 Å². The maximum absolute atomic E-state index is 13.9. The van der Waals surface area contributed by atoms with Crippen molar-refractivity contribution in [2.24, 2.45) is 11.8 Å². The quantitative estimate of drug-likeness (QED) is 0.421. The van der Waals surface area contributed by atoms with Crippen molar-refractivity contribution in [1.82, 2.24) is 0 Å². The van der Waals surface area contributed by atoms with Gasteiger partial charge in [0.1, 0.15) is 17.3 Å². The number of amides is 1. The Morgan fingerprint density at radius 2 is 2.26 bits per heavy atom. The molecule has 3 aliphatic heterocycles. The van der Waals surface area contributed by atoms with Crippen LogP contribution in [0.25, 0.3) is 0 Å². The molecular weight excluding hydrogens is 373 g/mol. The molecule has 3 aliphatic rings. The number of anilines is 1. The molecular formula is C20H21ClFNO4. The summed E-state index contributed by atoms with van der Waals surface area (Å²) in [5, 5.41) is -0.00522. The fraction of sp³-hybridized carbons (Fsp3) is 0.500. The summed E-state index contributed by atoms with van der Waals surface area (Å²) in [6.07, 6.45) is 6.06. The zero-order chi connectivity index (χ0) is 19.2. The first-order valence-electron chi connectivity index (χ1n) is 9.27. The number of hydrogen-bond donors (Lipinski definition) is 0. The highest BCUT2D eigenvalue weighted by Crippen LogP contribution is 2.53. The highest BCUT2D eigenvalue weighted by Gasteiger charge is 2.67. The van der Waals surface area contributed by atoms with Crippen LogP contribution in [0.1, 0.15) is 26.2 Å². The van der Waals surface area contributed by atoms with Gasteiger partial charge in [0.25, 0.3) is 0 Å². The Balaban J connectivity index is 1.55. The van der Waals surface area contributed by atoms with Gasteiger partial charge in [-0.25, -0.2) is 4.39 Å². The highest BCUT2D eigenvalue weighted by molar-refractivity contribution is 6.30. The van der Waals surface area contributed by atoms with E-state index in [9.17, 15) is 14.0 Å². The van der Waals surface area contributed by atoms with Gasteiger partial charge in [-0.1, -0.05) is 43.5 Å². The van der Waals surface area contributed by atoms with Gasteiger partial charge in [0.15, 0.2) is 0 Å². The number of unbranched alkanes of at least 4 members (excludes halogenated alkanes) is 2. The lowest BCUT2D eigenvalue weighted by Crippen LogP contribution is -2.40. The van der Waals surface area contributed by atoms with Crippen LogP contribution in [-0.4, -0.2) is 36.7 Å². The predicted molar refractivity (Wildman–Crippen MR) is 98.0 cm³/mol. The minimum Gasteiger partial charge on any atom is -0.465 e. The second kappa shape index (κ2) is 6.91. The third-order valence-corrected chi connectivity index (χ3v) is 5.89. The average Bonchev–Trinajstić information content (AvgIpc) is 3.29. The van der Waals surface area contributed by atoms with E-state index < -0.39 is 35.3 Å². The fourth-order valence-electron chi connectivity index (χ4n) is 4.26. The van der Waals surface area contributed by atoms with Crippen molar-refractivity contribution in [3.05, 3.63) is 41.2 Å². The standard InChI is InChI=1S/C20H21ClFNO4/c1-2-3-4-9-26-19(25)16-15-7-8-20(27-15)11-23(18(24)17(16)20)12-5-6-13(21)14(22)10-12/h5-8,10,15-17H,2-4,9,11H2,1H3. The van der Waals surface area contributed by atoms with Gasteiger partial charge in [-0.2, -0.15) is 0 Å². The molecule has 4 rings (SSSR count). The first-order chi connectivity index (χ1) is 13.0. The van der Waals surface area contributed by atoms with Gasteiger partial charge < -0.3 is 14.4 Å². The van der Waals surface area contributed by atoms with Crippen LogP contribution in [0, 0.1) is 17.7 Å². The smallest absolute Gasteiger partial charge is 0.312 e. The molecule has 144 valence electrons. The van der Waals surface area contributed by atoms with Crippen molar-refractivity contribution in [2.45, 2.75) is 37.9 Å². The fourth-order valence-corrected chi connectivity index (χ4v) is 4.38. The van der Waals surface area contributed by atoms with Crippen molar-refractivity contribution in [3.8, 4) is 0 Å². The van der Waals surface area contributed by atoms with Crippen molar-refractivity contribution in [3.63, 3.8) is 0 Å². The molecule has 1 spiro atoms. The summed E-state index contributed by atoms with van der Waals surface area (Å²) in [6.45, 7) is 2.66. The molecule has 1 amide bonds. The summed E-state index contributed by atoms with van der Waals surface area (Å²) in [5.41, 5.74) is -0.452. The molecule has 1 aromatic carbocycles. The Labute approximate surface area is 162 Å². The van der Waals surface area contributed by atoms with Crippen LogP contribution in [0.15, 0.2) is 30.4 Å². The minimum absolute atomic E-state index is 0.00522. The summed E-state index contributed by atoms with van der Waals surface area (Å²) in [7, 11) is 0. The van der Waals surface area contributed by atoms with Crippen molar-refractivity contribution in [2.75, 3.05) is 18.1 Å². The first-order valence-corrected chi connectivity index (χ1v) is 9.65. The summed E-state index contributed by atoms with van der Waals surface area (Å²) < 4.78 is 25.3. The number of carbonyl (C=O) groups excluding carboxylic acids is 2. The van der Waals surface area contributed by atoms with Gasteiger partial charge in [0, 0.05) is 5.69 Å². The SMILES string of the molecule is CCCCCOC(=O)C1C2C=CC3(CN(c4ccc(Cl)c(F)c4)C(=O)C13)O2. The summed E-state index contributed by atoms with van der Waals surface area (Å²) in [6, 6.07) is 4.24. The highest BCUT2D eigenvalue weighted by atomic mass is 35.5. The Kier molecular flexibility index (Phi) is 4.72. The molecule has 2 saturated heterocycles. The van der Waals surface area contributed by atoms with Gasteiger partial charge in [0.05, 0.1) is 30.2 Å². The molecule has 5 nitrogen and oxygen atoms in total. The van der Waals surface area contributed by atoms with Gasteiger partial charge in [0.2, 0.25) is 5.91 Å². The molecule has 0 aromatic heterocycles. The molecule has 2 fully saturated rings. The summed E-state index contributed by atoms with van der Waals surface area (Å²) >= 11 is 5.74. The van der Waals surface area contributed by atoms with Crippen LogP contribution >= 0.6 is 11.6 Å². The van der Waals surface area contributed by atoms with Crippen LogP contribution in [0.2, 0.25) is 5.02 Å².